The molecule has 1 aromatic rings. The molecule has 0 aliphatic rings. The minimum Gasteiger partial charge on any atom is -0.464 e. The number of hydrogen-bond acceptors (Lipinski definition) is 5. The molecule has 1 rings (SSSR count). The molecule has 2 N–H and O–H groups in total. The van der Waals surface area contributed by atoms with Crippen LogP contribution in [0.1, 0.15) is 17.9 Å². The van der Waals surface area contributed by atoms with Crippen LogP contribution in [-0.2, 0) is 17.0 Å². The van der Waals surface area contributed by atoms with Gasteiger partial charge in [-0.3, -0.25) is 0 Å². The molecule has 110 valence electrons. The maximum atomic E-state index is 12.0. The van der Waals surface area contributed by atoms with E-state index < -0.39 is 5.76 Å². The van der Waals surface area contributed by atoms with Gasteiger partial charge in [-0.15, -0.1) is 0 Å². The first-order chi connectivity index (χ1) is 9.22. The van der Waals surface area contributed by atoms with E-state index in [0.717, 1.165) is 18.7 Å². The second kappa shape index (κ2) is 10.2. The molecule has 4 nitrogen and oxygen atoms in total. The van der Waals surface area contributed by atoms with E-state index in [-0.39, 0.29) is 12.4 Å². The molecule has 0 radical (unpaired) electrons. The zero-order chi connectivity index (χ0) is 13.9. The molecular weight excluding hydrogens is 276 g/mol. The van der Waals surface area contributed by atoms with Gasteiger partial charge in [0.1, 0.15) is 11.5 Å². The fourth-order valence-corrected chi connectivity index (χ4v) is 1.86. The topological polar surface area (TPSA) is 54.6 Å². The van der Waals surface area contributed by atoms with Crippen molar-refractivity contribution in [1.29, 1.82) is 0 Å². The average molecular weight is 295 g/mol. The molecule has 0 aliphatic heterocycles. The van der Waals surface area contributed by atoms with Crippen molar-refractivity contribution in [3.63, 3.8) is 0 Å². The van der Waals surface area contributed by atoms with E-state index in [4.69, 9.17) is 14.3 Å². The van der Waals surface area contributed by atoms with Gasteiger partial charge in [-0.1, -0.05) is 11.8 Å². The lowest BCUT2D eigenvalue weighted by Crippen LogP contribution is -2.16. The number of aliphatic hydroxyl groups excluding tert-OH is 1. The maximum Gasteiger partial charge on any atom is 0.284 e. The molecule has 7 heteroatoms. The van der Waals surface area contributed by atoms with Gasteiger partial charge in [-0.2, -0.15) is 8.78 Å². The SMILES string of the molecule is OCCOCCCNCc1ccc(CSC(F)F)o1. The number of nitrogens with one attached hydrogen (secondary N) is 1. The Balaban J connectivity index is 2.06. The molecule has 0 aliphatic carbocycles. The highest BCUT2D eigenvalue weighted by molar-refractivity contribution is 7.98. The van der Waals surface area contributed by atoms with Crippen molar-refractivity contribution in [2.45, 2.75) is 24.5 Å². The molecule has 0 bridgehead atoms. The Kier molecular flexibility index (Phi) is 8.81. The Hall–Kier alpha value is -0.630. The van der Waals surface area contributed by atoms with E-state index in [0.29, 0.717) is 37.3 Å². The van der Waals surface area contributed by atoms with Crippen LogP contribution in [0.4, 0.5) is 8.78 Å². The number of alkyl halides is 2. The number of hydrogen-bond donors (Lipinski definition) is 2. The third-order valence-corrected chi connectivity index (χ3v) is 2.95. The lowest BCUT2D eigenvalue weighted by molar-refractivity contribution is 0.0906. The van der Waals surface area contributed by atoms with E-state index in [1.807, 2.05) is 0 Å². The molecule has 0 unspecified atom stereocenters. The van der Waals surface area contributed by atoms with Crippen LogP contribution in [0.3, 0.4) is 0 Å². The highest BCUT2D eigenvalue weighted by atomic mass is 32.2. The van der Waals surface area contributed by atoms with Crippen LogP contribution < -0.4 is 5.32 Å². The van der Waals surface area contributed by atoms with Gasteiger partial charge in [-0.25, -0.2) is 0 Å². The predicted molar refractivity (Wildman–Crippen MR) is 70.2 cm³/mol. The number of rotatable bonds is 11. The zero-order valence-corrected chi connectivity index (χ0v) is 11.4. The number of furan rings is 1. The van der Waals surface area contributed by atoms with E-state index in [1.165, 1.54) is 0 Å². The molecule has 0 saturated heterocycles. The van der Waals surface area contributed by atoms with Crippen LogP contribution in [0, 0.1) is 0 Å². The first-order valence-corrected chi connectivity index (χ1v) is 7.14. The molecule has 0 saturated carbocycles. The van der Waals surface area contributed by atoms with Gasteiger partial charge < -0.3 is 19.6 Å². The predicted octanol–water partition coefficient (Wildman–Crippen LogP) is 2.22. The summed E-state index contributed by atoms with van der Waals surface area (Å²) in [5.41, 5.74) is 0. The van der Waals surface area contributed by atoms with Crippen LogP contribution in [0.25, 0.3) is 0 Å². The van der Waals surface area contributed by atoms with E-state index in [9.17, 15) is 8.78 Å². The smallest absolute Gasteiger partial charge is 0.284 e. The monoisotopic (exact) mass is 295 g/mol. The highest BCUT2D eigenvalue weighted by Crippen LogP contribution is 2.21. The molecular formula is C12H19F2NO3S. The van der Waals surface area contributed by atoms with Crippen molar-refractivity contribution >= 4 is 11.8 Å². The van der Waals surface area contributed by atoms with Gasteiger partial charge in [0.15, 0.2) is 0 Å². The summed E-state index contributed by atoms with van der Waals surface area (Å²) in [6, 6.07) is 3.51. The largest absolute Gasteiger partial charge is 0.464 e. The van der Waals surface area contributed by atoms with Gasteiger partial charge >= 0.3 is 0 Å². The molecule has 0 atom stereocenters. The first kappa shape index (κ1) is 16.4. The lowest BCUT2D eigenvalue weighted by Gasteiger charge is -2.03. The quantitative estimate of drug-likeness (QED) is 0.613. The van der Waals surface area contributed by atoms with Gasteiger partial charge in [0.2, 0.25) is 0 Å². The van der Waals surface area contributed by atoms with Gasteiger partial charge in [0, 0.05) is 6.61 Å². The Morgan fingerprint density at radius 2 is 2.11 bits per heavy atom. The molecule has 1 heterocycles. The molecule has 0 aromatic carbocycles. The van der Waals surface area contributed by atoms with E-state index in [2.05, 4.69) is 5.32 Å². The van der Waals surface area contributed by atoms with Crippen LogP contribution >= 0.6 is 11.8 Å². The Bertz CT molecular complexity index is 337. The normalized spacial score (nSPS) is 11.4. The van der Waals surface area contributed by atoms with E-state index in [1.54, 1.807) is 12.1 Å². The maximum absolute atomic E-state index is 12.0. The number of halogens is 2. The molecule has 0 fully saturated rings. The Labute approximate surface area is 115 Å². The third kappa shape index (κ3) is 8.20. The summed E-state index contributed by atoms with van der Waals surface area (Å²) in [6.07, 6.45) is 0.842. The van der Waals surface area contributed by atoms with Crippen LogP contribution in [-0.4, -0.2) is 37.2 Å². The van der Waals surface area contributed by atoms with Crippen LogP contribution in [0.5, 0.6) is 0 Å². The fraction of sp³-hybridized carbons (Fsp3) is 0.667. The van der Waals surface area contributed by atoms with Gasteiger partial charge in [-0.05, 0) is 25.1 Å². The van der Waals surface area contributed by atoms with Crippen molar-refractivity contribution in [1.82, 2.24) is 5.32 Å². The minimum absolute atomic E-state index is 0.0409. The zero-order valence-electron chi connectivity index (χ0n) is 10.6. The van der Waals surface area contributed by atoms with Crippen molar-refractivity contribution in [2.75, 3.05) is 26.4 Å². The summed E-state index contributed by atoms with van der Waals surface area (Å²) < 4.78 is 34.5. The van der Waals surface area contributed by atoms with Crippen molar-refractivity contribution in [2.24, 2.45) is 0 Å². The minimum atomic E-state index is -2.37. The van der Waals surface area contributed by atoms with Gasteiger partial charge in [0.25, 0.3) is 5.76 Å². The summed E-state index contributed by atoms with van der Waals surface area (Å²) in [5, 5.41) is 11.7. The summed E-state index contributed by atoms with van der Waals surface area (Å²) in [4.78, 5) is 0. The standard InChI is InChI=1S/C12H19F2NO3S/c13-12(14)19-9-11-3-2-10(18-11)8-15-4-1-6-17-7-5-16/h2-3,12,15-16H,1,4-9H2. The average Bonchev–Trinajstić information content (AvgIpc) is 2.83. The second-order valence-corrected chi connectivity index (χ2v) is 4.78. The van der Waals surface area contributed by atoms with Crippen molar-refractivity contribution < 1.29 is 23.0 Å². The van der Waals surface area contributed by atoms with Crippen LogP contribution in [0.2, 0.25) is 0 Å². The number of ether oxygens (including phenoxy) is 1. The highest BCUT2D eigenvalue weighted by Gasteiger charge is 2.06. The summed E-state index contributed by atoms with van der Waals surface area (Å²) in [5.74, 6) is -0.882. The van der Waals surface area contributed by atoms with Gasteiger partial charge in [0.05, 0.1) is 25.5 Å². The number of thioether (sulfide) groups is 1. The van der Waals surface area contributed by atoms with Crippen molar-refractivity contribution in [3.05, 3.63) is 23.7 Å². The third-order valence-electron chi connectivity index (χ3n) is 2.25. The second-order valence-electron chi connectivity index (χ2n) is 3.81. The molecule has 19 heavy (non-hydrogen) atoms. The lowest BCUT2D eigenvalue weighted by atomic mass is 10.4. The summed E-state index contributed by atoms with van der Waals surface area (Å²) in [6.45, 7) is 2.34. The first-order valence-electron chi connectivity index (χ1n) is 6.09. The molecule has 0 amide bonds. The Morgan fingerprint density at radius 1 is 1.32 bits per heavy atom. The van der Waals surface area contributed by atoms with Crippen LogP contribution in [0.15, 0.2) is 16.5 Å². The molecule has 0 spiro atoms. The molecule has 1 aromatic heterocycles. The fourth-order valence-electron chi connectivity index (χ4n) is 1.42. The van der Waals surface area contributed by atoms with E-state index >= 15 is 0 Å². The number of aliphatic hydroxyl groups is 1. The van der Waals surface area contributed by atoms with Crippen molar-refractivity contribution in [3.8, 4) is 0 Å². The summed E-state index contributed by atoms with van der Waals surface area (Å²) in [7, 11) is 0. The summed E-state index contributed by atoms with van der Waals surface area (Å²) >= 11 is 0.553. The Morgan fingerprint density at radius 3 is 2.84 bits per heavy atom.